The molecule has 8 heteroatoms. The first-order chi connectivity index (χ1) is 14.4. The lowest BCUT2D eigenvalue weighted by Crippen LogP contribution is -2.16. The van der Waals surface area contributed by atoms with E-state index in [4.69, 9.17) is 11.6 Å². The summed E-state index contributed by atoms with van der Waals surface area (Å²) < 4.78 is 15.5. The molecule has 0 fully saturated rings. The number of nitrogens with one attached hydrogen (secondary N) is 1. The number of aryl methyl sites for hydroxylation is 1. The van der Waals surface area contributed by atoms with Gasteiger partial charge in [0.05, 0.1) is 23.5 Å². The van der Waals surface area contributed by atoms with Crippen molar-refractivity contribution in [1.29, 1.82) is 0 Å². The van der Waals surface area contributed by atoms with Gasteiger partial charge >= 0.3 is 0 Å². The number of thiazole rings is 1. The predicted molar refractivity (Wildman–Crippen MR) is 118 cm³/mol. The van der Waals surface area contributed by atoms with Crippen molar-refractivity contribution in [3.8, 4) is 16.4 Å². The molecular weight excluding hydrogens is 423 g/mol. The number of nitrogens with zero attached hydrogens (tertiary/aromatic N) is 3. The van der Waals surface area contributed by atoms with Gasteiger partial charge in [-0.15, -0.1) is 11.3 Å². The molecule has 5 nitrogen and oxygen atoms in total. The number of carbonyl (C=O) groups excluding carboxylic acids is 1. The second-order valence-electron chi connectivity index (χ2n) is 6.79. The molecular formula is C22H18ClFN4OS. The van der Waals surface area contributed by atoms with Crippen molar-refractivity contribution >= 4 is 34.5 Å². The summed E-state index contributed by atoms with van der Waals surface area (Å²) in [5.41, 5.74) is 4.32. The Morgan fingerprint density at radius 1 is 1.17 bits per heavy atom. The van der Waals surface area contributed by atoms with Crippen LogP contribution in [0, 0.1) is 19.7 Å². The standard InChI is InChI=1S/C22H18ClFN4OS/c1-13-17(11-21(29)25-19-6-4-3-5-18(19)24)14(2)28(27-13)22-26-20(12-30-22)15-7-9-16(23)10-8-15/h3-10,12H,11H2,1-2H3,(H,25,29). The van der Waals surface area contributed by atoms with Crippen molar-refractivity contribution in [3.63, 3.8) is 0 Å². The smallest absolute Gasteiger partial charge is 0.229 e. The Bertz CT molecular complexity index is 1220. The molecule has 4 rings (SSSR count). The van der Waals surface area contributed by atoms with E-state index in [2.05, 4.69) is 15.4 Å². The van der Waals surface area contributed by atoms with Gasteiger partial charge in [0.2, 0.25) is 11.0 Å². The molecule has 0 unspecified atom stereocenters. The van der Waals surface area contributed by atoms with Crippen molar-refractivity contribution in [2.24, 2.45) is 0 Å². The Balaban J connectivity index is 1.56. The number of para-hydroxylation sites is 1. The molecule has 0 aliphatic carbocycles. The first-order valence-electron chi connectivity index (χ1n) is 9.23. The molecule has 2 aromatic heterocycles. The van der Waals surface area contributed by atoms with E-state index < -0.39 is 5.82 Å². The number of aromatic nitrogens is 3. The summed E-state index contributed by atoms with van der Waals surface area (Å²) in [6, 6.07) is 13.6. The Labute approximate surface area is 182 Å². The zero-order valence-corrected chi connectivity index (χ0v) is 17.9. The molecule has 0 atom stereocenters. The normalized spacial score (nSPS) is 10.9. The van der Waals surface area contributed by atoms with Crippen LogP contribution >= 0.6 is 22.9 Å². The highest BCUT2D eigenvalue weighted by molar-refractivity contribution is 7.12. The van der Waals surface area contributed by atoms with Gasteiger partial charge < -0.3 is 5.32 Å². The lowest BCUT2D eigenvalue weighted by molar-refractivity contribution is -0.115. The summed E-state index contributed by atoms with van der Waals surface area (Å²) >= 11 is 7.42. The fourth-order valence-electron chi connectivity index (χ4n) is 3.15. The molecule has 4 aromatic rings. The van der Waals surface area contributed by atoms with E-state index in [0.29, 0.717) is 10.2 Å². The number of hydrogen-bond donors (Lipinski definition) is 1. The Morgan fingerprint density at radius 2 is 1.90 bits per heavy atom. The van der Waals surface area contributed by atoms with Gasteiger partial charge in [0.1, 0.15) is 5.82 Å². The Kier molecular flexibility index (Phi) is 5.65. The third-order valence-electron chi connectivity index (χ3n) is 4.74. The highest BCUT2D eigenvalue weighted by Crippen LogP contribution is 2.27. The third-order valence-corrected chi connectivity index (χ3v) is 5.81. The minimum atomic E-state index is -0.465. The van der Waals surface area contributed by atoms with E-state index in [-0.39, 0.29) is 18.0 Å². The first-order valence-corrected chi connectivity index (χ1v) is 10.5. The fourth-order valence-corrected chi connectivity index (χ4v) is 4.11. The van der Waals surface area contributed by atoms with Crippen LogP contribution in [0.4, 0.5) is 10.1 Å². The SMILES string of the molecule is Cc1nn(-c2nc(-c3ccc(Cl)cc3)cs2)c(C)c1CC(=O)Nc1ccccc1F. The molecule has 0 spiro atoms. The molecule has 1 N–H and O–H groups in total. The number of amides is 1. The summed E-state index contributed by atoms with van der Waals surface area (Å²) in [5, 5.41) is 10.5. The topological polar surface area (TPSA) is 59.8 Å². The molecule has 0 aliphatic heterocycles. The summed E-state index contributed by atoms with van der Waals surface area (Å²) in [6.45, 7) is 3.75. The highest BCUT2D eigenvalue weighted by Gasteiger charge is 2.18. The van der Waals surface area contributed by atoms with Crippen LogP contribution in [0.2, 0.25) is 5.02 Å². The Hall–Kier alpha value is -3.03. The average Bonchev–Trinajstić information content (AvgIpc) is 3.31. The first kappa shape index (κ1) is 20.3. The van der Waals surface area contributed by atoms with E-state index in [1.54, 1.807) is 16.8 Å². The zero-order valence-electron chi connectivity index (χ0n) is 16.3. The van der Waals surface area contributed by atoms with Crippen LogP contribution in [0.3, 0.4) is 0 Å². The third kappa shape index (κ3) is 4.13. The van der Waals surface area contributed by atoms with Gasteiger partial charge in [-0.05, 0) is 38.1 Å². The molecule has 30 heavy (non-hydrogen) atoms. The maximum Gasteiger partial charge on any atom is 0.229 e. The largest absolute Gasteiger partial charge is 0.323 e. The van der Waals surface area contributed by atoms with Gasteiger partial charge in [0, 0.05) is 27.2 Å². The summed E-state index contributed by atoms with van der Waals surface area (Å²) in [5.74, 6) is -0.764. The second kappa shape index (κ2) is 8.38. The van der Waals surface area contributed by atoms with Gasteiger partial charge in [0.15, 0.2) is 0 Å². The minimum absolute atomic E-state index is 0.0986. The van der Waals surface area contributed by atoms with Crippen LogP contribution in [0.25, 0.3) is 16.4 Å². The van der Waals surface area contributed by atoms with Gasteiger partial charge in [-0.25, -0.2) is 14.1 Å². The van der Waals surface area contributed by atoms with Gasteiger partial charge in [0.25, 0.3) is 0 Å². The summed E-state index contributed by atoms with van der Waals surface area (Å²) in [4.78, 5) is 17.1. The van der Waals surface area contributed by atoms with Crippen molar-refractivity contribution < 1.29 is 9.18 Å². The number of hydrogen-bond acceptors (Lipinski definition) is 4. The lowest BCUT2D eigenvalue weighted by Gasteiger charge is -2.06. The van der Waals surface area contributed by atoms with Gasteiger partial charge in [-0.2, -0.15) is 5.10 Å². The lowest BCUT2D eigenvalue weighted by atomic mass is 10.1. The van der Waals surface area contributed by atoms with E-state index >= 15 is 0 Å². The molecule has 1 amide bonds. The number of carbonyl (C=O) groups is 1. The van der Waals surface area contributed by atoms with Crippen molar-refractivity contribution in [2.45, 2.75) is 20.3 Å². The van der Waals surface area contributed by atoms with Crippen LogP contribution in [0.15, 0.2) is 53.9 Å². The van der Waals surface area contributed by atoms with Crippen LogP contribution < -0.4 is 5.32 Å². The Morgan fingerprint density at radius 3 is 2.63 bits per heavy atom. The summed E-state index contributed by atoms with van der Waals surface area (Å²) in [6.07, 6.45) is 0.0986. The van der Waals surface area contributed by atoms with E-state index in [1.165, 1.54) is 23.5 Å². The molecule has 0 saturated carbocycles. The van der Waals surface area contributed by atoms with Crippen LogP contribution in [0.1, 0.15) is 17.0 Å². The molecule has 0 radical (unpaired) electrons. The second-order valence-corrected chi connectivity index (χ2v) is 8.06. The predicted octanol–water partition coefficient (Wildman–Crippen LogP) is 5.59. The van der Waals surface area contributed by atoms with Crippen LogP contribution in [-0.2, 0) is 11.2 Å². The van der Waals surface area contributed by atoms with Crippen LogP contribution in [-0.4, -0.2) is 20.7 Å². The molecule has 2 heterocycles. The van der Waals surface area contributed by atoms with E-state index in [0.717, 1.165) is 28.2 Å². The highest BCUT2D eigenvalue weighted by atomic mass is 35.5. The molecule has 152 valence electrons. The van der Waals surface area contributed by atoms with Gasteiger partial charge in [-0.1, -0.05) is 35.9 Å². The number of benzene rings is 2. The minimum Gasteiger partial charge on any atom is -0.323 e. The zero-order chi connectivity index (χ0) is 21.3. The number of rotatable bonds is 5. The molecule has 0 aliphatic rings. The van der Waals surface area contributed by atoms with E-state index in [9.17, 15) is 9.18 Å². The quantitative estimate of drug-likeness (QED) is 0.440. The monoisotopic (exact) mass is 440 g/mol. The summed E-state index contributed by atoms with van der Waals surface area (Å²) in [7, 11) is 0. The molecule has 2 aromatic carbocycles. The number of halogens is 2. The average molecular weight is 441 g/mol. The molecule has 0 bridgehead atoms. The molecule has 0 saturated heterocycles. The number of anilines is 1. The van der Waals surface area contributed by atoms with Crippen LogP contribution in [0.5, 0.6) is 0 Å². The van der Waals surface area contributed by atoms with E-state index in [1.807, 2.05) is 43.5 Å². The van der Waals surface area contributed by atoms with Crippen molar-refractivity contribution in [3.05, 3.63) is 81.7 Å². The van der Waals surface area contributed by atoms with Gasteiger partial charge in [-0.3, -0.25) is 4.79 Å². The van der Waals surface area contributed by atoms with Crippen molar-refractivity contribution in [1.82, 2.24) is 14.8 Å². The maximum atomic E-state index is 13.8. The maximum absolute atomic E-state index is 13.8. The fraction of sp³-hybridized carbons (Fsp3) is 0.136. The van der Waals surface area contributed by atoms with Crippen molar-refractivity contribution in [2.75, 3.05) is 5.32 Å².